The van der Waals surface area contributed by atoms with Crippen LogP contribution in [-0.2, 0) is 10.0 Å². The minimum absolute atomic E-state index is 0.0295. The highest BCUT2D eigenvalue weighted by molar-refractivity contribution is 7.89. The van der Waals surface area contributed by atoms with E-state index in [-0.39, 0.29) is 33.4 Å². The Labute approximate surface area is 211 Å². The Morgan fingerprint density at radius 1 is 1.31 bits per heavy atom. The molecule has 196 valence electrons. The van der Waals surface area contributed by atoms with Crippen molar-refractivity contribution in [1.82, 2.24) is 14.4 Å². The molecule has 1 heterocycles. The zero-order valence-corrected chi connectivity index (χ0v) is 20.8. The molecule has 13 heteroatoms. The molecule has 36 heavy (non-hydrogen) atoms. The maximum absolute atomic E-state index is 15.5. The molecule has 0 fully saturated rings. The van der Waals surface area contributed by atoms with Crippen molar-refractivity contribution in [2.45, 2.75) is 49.2 Å². The molecular weight excluding hydrogens is 524 g/mol. The summed E-state index contributed by atoms with van der Waals surface area (Å²) in [6.07, 6.45) is -2.08. The first kappa shape index (κ1) is 27.9. The van der Waals surface area contributed by atoms with Crippen molar-refractivity contribution in [1.29, 1.82) is 0 Å². The first-order chi connectivity index (χ1) is 16.8. The number of hydrogen-bond acceptors (Lipinski definition) is 6. The molecule has 0 saturated heterocycles. The number of rotatable bonds is 10. The average Bonchev–Trinajstić information content (AvgIpc) is 3.32. The van der Waals surface area contributed by atoms with Gasteiger partial charge in [0.15, 0.2) is 5.82 Å². The second-order valence-corrected chi connectivity index (χ2v) is 10.8. The molecule has 2 unspecified atom stereocenters. The standard InChI is InChI=1S/C23H25ClF4N4O3S/c1-14-19(22-30-13-35-31-22)10-5-16(21(14)25)12-32(20(15(2)29)4-3-11-23(26,27)28)36(33,34)18-8-6-17(24)7-9-18/h5-10,13-14,19-20H,2-4,11-12,29H2,1H3/t14?,19?,20-/m1/s1. The van der Waals surface area contributed by atoms with Gasteiger partial charge in [0.2, 0.25) is 16.4 Å². The highest BCUT2D eigenvalue weighted by atomic mass is 35.5. The quantitative estimate of drug-likeness (QED) is 0.393. The van der Waals surface area contributed by atoms with E-state index in [1.54, 1.807) is 13.0 Å². The topological polar surface area (TPSA) is 102 Å². The fourth-order valence-electron chi connectivity index (χ4n) is 3.96. The number of sulfonamides is 1. The molecule has 3 atom stereocenters. The predicted octanol–water partition coefficient (Wildman–Crippen LogP) is 5.50. The zero-order chi connectivity index (χ0) is 26.7. The second-order valence-electron chi connectivity index (χ2n) is 8.44. The van der Waals surface area contributed by atoms with Crippen LogP contribution in [0.2, 0.25) is 5.02 Å². The van der Waals surface area contributed by atoms with Crippen LogP contribution in [0.15, 0.2) is 75.9 Å². The third-order valence-corrected chi connectivity index (χ3v) is 8.01. The lowest BCUT2D eigenvalue weighted by atomic mass is 9.85. The molecule has 1 aromatic heterocycles. The van der Waals surface area contributed by atoms with Crippen LogP contribution in [0, 0.1) is 5.92 Å². The third kappa shape index (κ3) is 6.54. The molecule has 2 N–H and O–H groups in total. The van der Waals surface area contributed by atoms with Crippen LogP contribution in [0.1, 0.15) is 37.9 Å². The largest absolute Gasteiger partial charge is 0.401 e. The Morgan fingerprint density at radius 3 is 2.53 bits per heavy atom. The van der Waals surface area contributed by atoms with Gasteiger partial charge < -0.3 is 10.3 Å². The van der Waals surface area contributed by atoms with Gasteiger partial charge in [-0.15, -0.1) is 0 Å². The highest BCUT2D eigenvalue weighted by Crippen LogP contribution is 2.37. The summed E-state index contributed by atoms with van der Waals surface area (Å²) >= 11 is 5.88. The zero-order valence-electron chi connectivity index (χ0n) is 19.3. The molecule has 0 amide bonds. The van der Waals surface area contributed by atoms with Gasteiger partial charge in [0.25, 0.3) is 0 Å². The van der Waals surface area contributed by atoms with Gasteiger partial charge in [-0.25, -0.2) is 12.8 Å². The molecule has 3 rings (SSSR count). The minimum Gasteiger partial charge on any atom is -0.401 e. The van der Waals surface area contributed by atoms with Crippen molar-refractivity contribution in [3.63, 3.8) is 0 Å². The lowest BCUT2D eigenvalue weighted by Gasteiger charge is -2.33. The molecule has 7 nitrogen and oxygen atoms in total. The highest BCUT2D eigenvalue weighted by Gasteiger charge is 2.37. The Hall–Kier alpha value is -2.70. The number of hydrogen-bond donors (Lipinski definition) is 1. The van der Waals surface area contributed by atoms with Gasteiger partial charge in [-0.3, -0.25) is 0 Å². The Bertz CT molecular complexity index is 1230. The molecule has 0 spiro atoms. The summed E-state index contributed by atoms with van der Waals surface area (Å²) in [5, 5.41) is 4.03. The van der Waals surface area contributed by atoms with Gasteiger partial charge in [0.05, 0.1) is 10.9 Å². The summed E-state index contributed by atoms with van der Waals surface area (Å²) < 4.78 is 86.7. The van der Waals surface area contributed by atoms with Crippen molar-refractivity contribution in [2.75, 3.05) is 6.54 Å². The summed E-state index contributed by atoms with van der Waals surface area (Å²) in [6.45, 7) is 4.70. The normalized spacial score (nSPS) is 19.6. The van der Waals surface area contributed by atoms with E-state index in [9.17, 15) is 21.6 Å². The first-order valence-electron chi connectivity index (χ1n) is 10.9. The van der Waals surface area contributed by atoms with Crippen LogP contribution in [0.25, 0.3) is 0 Å². The van der Waals surface area contributed by atoms with E-state index in [0.717, 1.165) is 10.7 Å². The van der Waals surface area contributed by atoms with E-state index in [4.69, 9.17) is 21.9 Å². The van der Waals surface area contributed by atoms with Gasteiger partial charge in [0, 0.05) is 35.5 Å². The van der Waals surface area contributed by atoms with Crippen LogP contribution in [0.3, 0.4) is 0 Å². The summed E-state index contributed by atoms with van der Waals surface area (Å²) in [5.74, 6) is -1.63. The van der Waals surface area contributed by atoms with Gasteiger partial charge in [0.1, 0.15) is 5.83 Å². The van der Waals surface area contributed by atoms with Crippen molar-refractivity contribution in [3.8, 4) is 0 Å². The molecule has 2 aromatic rings. The third-order valence-electron chi connectivity index (χ3n) is 5.89. The van der Waals surface area contributed by atoms with Gasteiger partial charge in [-0.2, -0.15) is 22.5 Å². The van der Waals surface area contributed by atoms with Crippen molar-refractivity contribution in [2.24, 2.45) is 11.7 Å². The predicted molar refractivity (Wildman–Crippen MR) is 126 cm³/mol. The van der Waals surface area contributed by atoms with Crippen LogP contribution >= 0.6 is 11.6 Å². The number of nitrogens with zero attached hydrogens (tertiary/aromatic N) is 3. The lowest BCUT2D eigenvalue weighted by molar-refractivity contribution is -0.135. The molecule has 1 aliphatic rings. The number of nitrogens with two attached hydrogens (primary N) is 1. The van der Waals surface area contributed by atoms with E-state index in [1.165, 1.54) is 30.3 Å². The number of alkyl halides is 3. The molecule has 0 bridgehead atoms. The number of halogens is 5. The molecule has 0 aliphatic heterocycles. The van der Waals surface area contributed by atoms with Crippen LogP contribution < -0.4 is 5.73 Å². The Morgan fingerprint density at radius 2 is 1.97 bits per heavy atom. The summed E-state index contributed by atoms with van der Waals surface area (Å²) in [7, 11) is -4.35. The van der Waals surface area contributed by atoms with E-state index < -0.39 is 59.3 Å². The number of benzene rings is 1. The Kier molecular flexibility index (Phi) is 8.63. The number of aromatic nitrogens is 2. The molecule has 1 aliphatic carbocycles. The molecule has 0 radical (unpaired) electrons. The fraction of sp³-hybridized carbons (Fsp3) is 0.391. The maximum atomic E-state index is 15.5. The first-order valence-corrected chi connectivity index (χ1v) is 12.7. The molecule has 0 saturated carbocycles. The number of allylic oxidation sites excluding steroid dienone is 2. The van der Waals surface area contributed by atoms with Crippen molar-refractivity contribution >= 4 is 21.6 Å². The van der Waals surface area contributed by atoms with E-state index in [2.05, 4.69) is 16.7 Å². The van der Waals surface area contributed by atoms with E-state index in [1.807, 2.05) is 0 Å². The SMILES string of the molecule is C=C(N)[C@@H](CCCC(F)(F)F)N(CC1=C(F)C(C)C(c2ncon2)C=C1)S(=O)(=O)c1ccc(Cl)cc1. The second kappa shape index (κ2) is 11.1. The fourth-order valence-corrected chi connectivity index (χ4v) is 5.72. The van der Waals surface area contributed by atoms with E-state index >= 15 is 4.39 Å². The van der Waals surface area contributed by atoms with Gasteiger partial charge >= 0.3 is 6.18 Å². The van der Waals surface area contributed by atoms with E-state index in [0.29, 0.717) is 0 Å². The summed E-state index contributed by atoms with van der Waals surface area (Å²) in [4.78, 5) is 3.77. The Balaban J connectivity index is 1.98. The van der Waals surface area contributed by atoms with Crippen LogP contribution in [0.4, 0.5) is 17.6 Å². The maximum Gasteiger partial charge on any atom is 0.389 e. The minimum atomic E-state index is -4.43. The van der Waals surface area contributed by atoms with Crippen LogP contribution in [-0.4, -0.2) is 41.6 Å². The van der Waals surface area contributed by atoms with Crippen molar-refractivity contribution < 1.29 is 30.5 Å². The van der Waals surface area contributed by atoms with Crippen molar-refractivity contribution in [3.05, 3.63) is 77.3 Å². The summed E-state index contributed by atoms with van der Waals surface area (Å²) in [6, 6.07) is 4.02. The van der Waals surface area contributed by atoms with Gasteiger partial charge in [-0.05, 0) is 42.7 Å². The average molecular weight is 549 g/mol. The van der Waals surface area contributed by atoms with Crippen LogP contribution in [0.5, 0.6) is 0 Å². The van der Waals surface area contributed by atoms with Gasteiger partial charge in [-0.1, -0.05) is 42.4 Å². The lowest BCUT2D eigenvalue weighted by Crippen LogP contribution is -2.44. The smallest absolute Gasteiger partial charge is 0.389 e. The molecule has 1 aromatic carbocycles. The monoisotopic (exact) mass is 548 g/mol. The summed E-state index contributed by atoms with van der Waals surface area (Å²) in [5.41, 5.74) is 5.75. The molecular formula is C23H25ClF4N4O3S.